The van der Waals surface area contributed by atoms with Crippen molar-refractivity contribution in [3.63, 3.8) is 0 Å². The predicted molar refractivity (Wildman–Crippen MR) is 149 cm³/mol. The van der Waals surface area contributed by atoms with Gasteiger partial charge in [0.05, 0.1) is 24.9 Å². The van der Waals surface area contributed by atoms with E-state index in [1.54, 1.807) is 37.4 Å². The Bertz CT molecular complexity index is 1160. The minimum Gasteiger partial charge on any atom is -0.495 e. The molecule has 2 N–H and O–H groups in total. The van der Waals surface area contributed by atoms with Crippen LogP contribution in [0.5, 0.6) is 5.75 Å². The lowest BCUT2D eigenvalue weighted by molar-refractivity contribution is -0.121. The fraction of sp³-hybridized carbons (Fsp3) is 0.586. The van der Waals surface area contributed by atoms with Crippen LogP contribution in [-0.4, -0.2) is 54.6 Å². The van der Waals surface area contributed by atoms with Gasteiger partial charge in [-0.25, -0.2) is 4.98 Å². The summed E-state index contributed by atoms with van der Waals surface area (Å²) >= 11 is 0. The molecule has 0 bridgehead atoms. The smallest absolute Gasteiger partial charge is 0.251 e. The number of benzene rings is 1. The van der Waals surface area contributed by atoms with E-state index in [0.717, 1.165) is 37.2 Å². The first-order chi connectivity index (χ1) is 18.4. The molecule has 1 atom stereocenters. The van der Waals surface area contributed by atoms with Crippen molar-refractivity contribution in [2.24, 2.45) is 5.92 Å². The quantitative estimate of drug-likeness (QED) is 0.550. The van der Waals surface area contributed by atoms with Gasteiger partial charge in [-0.2, -0.15) is 4.98 Å². The third kappa shape index (κ3) is 5.56. The predicted octanol–water partition coefficient (Wildman–Crippen LogP) is 5.04. The Morgan fingerprint density at radius 2 is 1.76 bits per heavy atom. The summed E-state index contributed by atoms with van der Waals surface area (Å²) in [5.74, 6) is 1.64. The number of anilines is 4. The highest BCUT2D eigenvalue weighted by atomic mass is 16.5. The van der Waals surface area contributed by atoms with Gasteiger partial charge in [-0.15, -0.1) is 0 Å². The first kappa shape index (κ1) is 26.3. The molecule has 1 aromatic heterocycles. The van der Waals surface area contributed by atoms with Gasteiger partial charge in [0.1, 0.15) is 11.4 Å². The van der Waals surface area contributed by atoms with Gasteiger partial charge in [-0.05, 0) is 43.9 Å². The zero-order valence-corrected chi connectivity index (χ0v) is 22.8. The maximum atomic E-state index is 13.0. The molecule has 1 unspecified atom stereocenters. The van der Waals surface area contributed by atoms with Crippen molar-refractivity contribution in [1.82, 2.24) is 15.3 Å². The molecular weight excluding hydrogens is 480 g/mol. The van der Waals surface area contributed by atoms with Gasteiger partial charge in [0.15, 0.2) is 5.82 Å². The summed E-state index contributed by atoms with van der Waals surface area (Å²) in [6.07, 6.45) is 13.2. The Morgan fingerprint density at radius 1 is 1.05 bits per heavy atom. The molecule has 9 heteroatoms. The highest BCUT2D eigenvalue weighted by molar-refractivity contribution is 5.99. The second-order valence-electron chi connectivity index (χ2n) is 11.0. The van der Waals surface area contributed by atoms with Crippen LogP contribution >= 0.6 is 0 Å². The normalized spacial score (nSPS) is 21.0. The van der Waals surface area contributed by atoms with Gasteiger partial charge in [-0.3, -0.25) is 9.59 Å². The number of methoxy groups -OCH3 is 1. The molecule has 5 rings (SSSR count). The summed E-state index contributed by atoms with van der Waals surface area (Å²) in [5.41, 5.74) is 1.98. The molecule has 0 spiro atoms. The number of rotatable bonds is 6. The maximum absolute atomic E-state index is 13.0. The lowest BCUT2D eigenvalue weighted by Crippen LogP contribution is -2.41. The number of carbonyl (C=O) groups is 2. The van der Waals surface area contributed by atoms with Gasteiger partial charge < -0.3 is 25.2 Å². The van der Waals surface area contributed by atoms with Gasteiger partial charge in [0.2, 0.25) is 11.9 Å². The molecule has 0 radical (unpaired) electrons. The van der Waals surface area contributed by atoms with Crippen LogP contribution in [0.4, 0.5) is 23.1 Å². The molecule has 1 aromatic carbocycles. The molecule has 204 valence electrons. The third-order valence-electron chi connectivity index (χ3n) is 8.27. The molecule has 1 aliphatic heterocycles. The highest BCUT2D eigenvalue weighted by Crippen LogP contribution is 2.37. The van der Waals surface area contributed by atoms with Crippen LogP contribution in [0.1, 0.15) is 81.5 Å². The number of carbonyl (C=O) groups excluding carboxylic acids is 2. The number of nitrogens with one attached hydrogen (secondary N) is 2. The molecule has 9 nitrogen and oxygen atoms in total. The van der Waals surface area contributed by atoms with E-state index in [4.69, 9.17) is 9.72 Å². The van der Waals surface area contributed by atoms with E-state index < -0.39 is 0 Å². The number of fused-ring (bicyclic) bond motifs is 1. The molecule has 2 aliphatic carbocycles. The SMILES string of the molecule is COc1cc(C(=O)NC2CCCCC2)ccc1Nc1ncc2c(n1)N(C1CCCCC1)CC(C)C(=O)N2C. The molecule has 2 aromatic rings. The van der Waals surface area contributed by atoms with Crippen LogP contribution in [0.25, 0.3) is 0 Å². The molecule has 2 heterocycles. The van der Waals surface area contributed by atoms with Gasteiger partial charge in [-0.1, -0.05) is 45.4 Å². The van der Waals surface area contributed by atoms with E-state index in [1.165, 1.54) is 38.5 Å². The Morgan fingerprint density at radius 3 is 2.47 bits per heavy atom. The first-order valence-corrected chi connectivity index (χ1v) is 14.1. The van der Waals surface area contributed by atoms with E-state index in [-0.39, 0.29) is 23.8 Å². The van der Waals surface area contributed by atoms with Crippen LogP contribution in [0.2, 0.25) is 0 Å². The van der Waals surface area contributed by atoms with Gasteiger partial charge >= 0.3 is 0 Å². The zero-order chi connectivity index (χ0) is 26.6. The molecule has 2 saturated carbocycles. The lowest BCUT2D eigenvalue weighted by Gasteiger charge is -2.35. The average Bonchev–Trinajstić information content (AvgIpc) is 3.04. The van der Waals surface area contributed by atoms with Crippen molar-refractivity contribution in [1.29, 1.82) is 0 Å². The van der Waals surface area contributed by atoms with Gasteiger partial charge in [0, 0.05) is 31.2 Å². The molecule has 0 saturated heterocycles. The summed E-state index contributed by atoms with van der Waals surface area (Å²) < 4.78 is 5.63. The largest absolute Gasteiger partial charge is 0.495 e. The molecule has 38 heavy (non-hydrogen) atoms. The van der Waals surface area contributed by atoms with Crippen molar-refractivity contribution in [3.8, 4) is 5.75 Å². The average molecular weight is 521 g/mol. The maximum Gasteiger partial charge on any atom is 0.251 e. The van der Waals surface area contributed by atoms with Crippen molar-refractivity contribution in [3.05, 3.63) is 30.0 Å². The lowest BCUT2D eigenvalue weighted by atomic mass is 9.93. The van der Waals surface area contributed by atoms with Crippen LogP contribution in [0.3, 0.4) is 0 Å². The Balaban J connectivity index is 1.39. The number of nitrogens with zero attached hydrogens (tertiary/aromatic N) is 4. The van der Waals surface area contributed by atoms with Crippen molar-refractivity contribution < 1.29 is 14.3 Å². The molecular formula is C29H40N6O3. The summed E-state index contributed by atoms with van der Waals surface area (Å²) in [6.45, 7) is 2.63. The molecule has 2 fully saturated rings. The molecule has 2 amide bonds. The number of aromatic nitrogens is 2. The Hall–Kier alpha value is -3.36. The summed E-state index contributed by atoms with van der Waals surface area (Å²) in [5, 5.41) is 6.46. The van der Waals surface area contributed by atoms with E-state index in [9.17, 15) is 9.59 Å². The Kier molecular flexibility index (Phi) is 8.00. The minimum atomic E-state index is -0.125. The summed E-state index contributed by atoms with van der Waals surface area (Å²) in [6, 6.07) is 6.00. The second-order valence-corrected chi connectivity index (χ2v) is 11.0. The number of ether oxygens (including phenoxy) is 1. The number of amides is 2. The Labute approximate surface area is 225 Å². The van der Waals surface area contributed by atoms with Crippen molar-refractivity contribution in [2.45, 2.75) is 83.2 Å². The second kappa shape index (κ2) is 11.6. The standard InChI is InChI=1S/C29H40N6O3/c1-19-18-35(22-12-8-5-9-13-22)26-24(34(2)28(19)37)17-30-29(33-26)32-23-15-14-20(16-25(23)38-3)27(36)31-21-10-6-4-7-11-21/h14-17,19,21-22H,4-13,18H2,1-3H3,(H,31,36)(H,30,32,33). The van der Waals surface area contributed by atoms with E-state index in [0.29, 0.717) is 35.5 Å². The van der Waals surface area contributed by atoms with E-state index >= 15 is 0 Å². The topological polar surface area (TPSA) is 99.7 Å². The number of hydrogen-bond donors (Lipinski definition) is 2. The van der Waals surface area contributed by atoms with E-state index in [2.05, 4.69) is 20.5 Å². The van der Waals surface area contributed by atoms with Crippen molar-refractivity contribution >= 4 is 35.0 Å². The highest BCUT2D eigenvalue weighted by Gasteiger charge is 2.34. The zero-order valence-electron chi connectivity index (χ0n) is 22.8. The van der Waals surface area contributed by atoms with Crippen LogP contribution in [0.15, 0.2) is 24.4 Å². The fourth-order valence-electron chi connectivity index (χ4n) is 6.07. The van der Waals surface area contributed by atoms with Crippen LogP contribution in [0, 0.1) is 5.92 Å². The minimum absolute atomic E-state index is 0.0759. The monoisotopic (exact) mass is 520 g/mol. The molecule has 3 aliphatic rings. The summed E-state index contributed by atoms with van der Waals surface area (Å²) in [7, 11) is 3.40. The van der Waals surface area contributed by atoms with Crippen LogP contribution < -0.4 is 25.2 Å². The fourth-order valence-corrected chi connectivity index (χ4v) is 6.07. The number of hydrogen-bond acceptors (Lipinski definition) is 7. The van der Waals surface area contributed by atoms with Crippen LogP contribution in [-0.2, 0) is 4.79 Å². The first-order valence-electron chi connectivity index (χ1n) is 14.1. The third-order valence-corrected chi connectivity index (χ3v) is 8.27. The van der Waals surface area contributed by atoms with E-state index in [1.807, 2.05) is 13.0 Å². The summed E-state index contributed by atoms with van der Waals surface area (Å²) in [4.78, 5) is 39.3. The van der Waals surface area contributed by atoms with Gasteiger partial charge in [0.25, 0.3) is 5.91 Å². The van der Waals surface area contributed by atoms with Crippen molar-refractivity contribution in [2.75, 3.05) is 35.8 Å².